The van der Waals surface area contributed by atoms with Gasteiger partial charge in [-0.1, -0.05) is 55.7 Å². The Bertz CT molecular complexity index is 514. The maximum Gasteiger partial charge on any atom is 0.0406 e. The molecule has 0 amide bonds. The van der Waals surface area contributed by atoms with Crippen LogP contribution in [0.1, 0.15) is 89.0 Å². The SMILES string of the molecule is CC/C=C/C1CCC(CCC2CCC(c3ccc(Cl)cc3)CC2)CC1. The van der Waals surface area contributed by atoms with Crippen LogP contribution in [0.4, 0.5) is 0 Å². The van der Waals surface area contributed by atoms with Crippen LogP contribution in [0.5, 0.6) is 0 Å². The van der Waals surface area contributed by atoms with Gasteiger partial charge in [0.15, 0.2) is 0 Å². The van der Waals surface area contributed by atoms with Crippen LogP contribution < -0.4 is 0 Å². The van der Waals surface area contributed by atoms with Gasteiger partial charge in [-0.2, -0.15) is 0 Å². The molecular weight excluding hydrogens is 324 g/mol. The van der Waals surface area contributed by atoms with Crippen LogP contribution in [0, 0.1) is 17.8 Å². The summed E-state index contributed by atoms with van der Waals surface area (Å²) in [5.74, 6) is 3.65. The fourth-order valence-corrected chi connectivity index (χ4v) is 5.11. The van der Waals surface area contributed by atoms with E-state index in [2.05, 4.69) is 43.3 Å². The van der Waals surface area contributed by atoms with Crippen molar-refractivity contribution >= 4 is 11.6 Å². The Kier molecular flexibility index (Phi) is 7.47. The fraction of sp³-hybridized carbons (Fsp3) is 0.667. The number of benzene rings is 1. The van der Waals surface area contributed by atoms with Crippen LogP contribution >= 0.6 is 11.6 Å². The largest absolute Gasteiger partial charge is 0.0885 e. The van der Waals surface area contributed by atoms with Crippen molar-refractivity contribution in [3.8, 4) is 0 Å². The number of rotatable bonds is 6. The van der Waals surface area contributed by atoms with Crippen LogP contribution in [0.2, 0.25) is 5.02 Å². The van der Waals surface area contributed by atoms with E-state index in [9.17, 15) is 0 Å². The first kappa shape index (κ1) is 19.0. The average Bonchev–Trinajstić information content (AvgIpc) is 2.67. The Hall–Kier alpha value is -0.750. The molecule has 1 aromatic carbocycles. The molecule has 0 bridgehead atoms. The molecule has 0 unspecified atom stereocenters. The highest BCUT2D eigenvalue weighted by atomic mass is 35.5. The molecule has 2 aliphatic carbocycles. The quantitative estimate of drug-likeness (QED) is 0.450. The smallest absolute Gasteiger partial charge is 0.0406 e. The molecule has 1 aromatic rings. The first-order valence-corrected chi connectivity index (χ1v) is 11.0. The van der Waals surface area contributed by atoms with Crippen LogP contribution in [-0.4, -0.2) is 0 Å². The van der Waals surface area contributed by atoms with Gasteiger partial charge in [0.2, 0.25) is 0 Å². The standard InChI is InChI=1S/C24H35Cl/c1-2-3-4-19-5-7-20(8-6-19)9-10-21-11-13-22(14-12-21)23-15-17-24(25)18-16-23/h3-4,15-22H,2,5-14H2,1H3/b4-3+. The van der Waals surface area contributed by atoms with Gasteiger partial charge in [-0.15, -0.1) is 0 Å². The van der Waals surface area contributed by atoms with Crippen molar-refractivity contribution in [1.82, 2.24) is 0 Å². The minimum Gasteiger partial charge on any atom is -0.0885 e. The van der Waals surface area contributed by atoms with Gasteiger partial charge in [0.1, 0.15) is 0 Å². The Morgan fingerprint density at radius 3 is 1.96 bits per heavy atom. The van der Waals surface area contributed by atoms with Gasteiger partial charge in [-0.05, 0) is 99.2 Å². The topological polar surface area (TPSA) is 0 Å². The summed E-state index contributed by atoms with van der Waals surface area (Å²) < 4.78 is 0. The predicted octanol–water partition coefficient (Wildman–Crippen LogP) is 8.17. The number of allylic oxidation sites excluding steroid dienone is 2. The van der Waals surface area contributed by atoms with Crippen molar-refractivity contribution in [1.29, 1.82) is 0 Å². The molecule has 0 spiro atoms. The van der Waals surface area contributed by atoms with Gasteiger partial charge in [0.05, 0.1) is 0 Å². The molecule has 0 saturated heterocycles. The predicted molar refractivity (Wildman–Crippen MR) is 110 cm³/mol. The van der Waals surface area contributed by atoms with Gasteiger partial charge in [0, 0.05) is 5.02 Å². The fourth-order valence-electron chi connectivity index (χ4n) is 4.99. The van der Waals surface area contributed by atoms with Crippen molar-refractivity contribution in [3.63, 3.8) is 0 Å². The van der Waals surface area contributed by atoms with Gasteiger partial charge in [-0.25, -0.2) is 0 Å². The zero-order valence-corrected chi connectivity index (χ0v) is 16.7. The Morgan fingerprint density at radius 1 is 0.840 bits per heavy atom. The molecule has 25 heavy (non-hydrogen) atoms. The van der Waals surface area contributed by atoms with Crippen LogP contribution in [-0.2, 0) is 0 Å². The van der Waals surface area contributed by atoms with Crippen LogP contribution in [0.15, 0.2) is 36.4 Å². The maximum absolute atomic E-state index is 6.02. The molecular formula is C24H35Cl. The highest BCUT2D eigenvalue weighted by molar-refractivity contribution is 6.30. The third-order valence-electron chi connectivity index (χ3n) is 6.71. The molecule has 0 N–H and O–H groups in total. The molecule has 1 heteroatoms. The minimum absolute atomic E-state index is 0.773. The zero-order valence-electron chi connectivity index (χ0n) is 15.9. The summed E-state index contributed by atoms with van der Waals surface area (Å²) in [5, 5.41) is 0.859. The van der Waals surface area contributed by atoms with E-state index in [1.165, 1.54) is 76.2 Å². The monoisotopic (exact) mass is 358 g/mol. The van der Waals surface area contributed by atoms with Crippen molar-refractivity contribution in [2.24, 2.45) is 17.8 Å². The zero-order chi connectivity index (χ0) is 17.5. The lowest BCUT2D eigenvalue weighted by Gasteiger charge is -2.31. The highest BCUT2D eigenvalue weighted by Gasteiger charge is 2.24. The lowest BCUT2D eigenvalue weighted by molar-refractivity contribution is 0.246. The van der Waals surface area contributed by atoms with E-state index >= 15 is 0 Å². The molecule has 0 aliphatic heterocycles. The number of hydrogen-bond acceptors (Lipinski definition) is 0. The molecule has 0 nitrogen and oxygen atoms in total. The molecule has 0 aromatic heterocycles. The lowest BCUT2D eigenvalue weighted by Crippen LogP contribution is -2.17. The minimum atomic E-state index is 0.773. The van der Waals surface area contributed by atoms with Crippen molar-refractivity contribution in [2.75, 3.05) is 0 Å². The molecule has 0 heterocycles. The lowest BCUT2D eigenvalue weighted by atomic mass is 9.74. The maximum atomic E-state index is 6.02. The molecule has 2 aliphatic rings. The Balaban J connectivity index is 1.34. The number of halogens is 1. The van der Waals surface area contributed by atoms with Crippen molar-refractivity contribution in [2.45, 2.75) is 83.5 Å². The van der Waals surface area contributed by atoms with E-state index < -0.39 is 0 Å². The van der Waals surface area contributed by atoms with E-state index in [1.807, 2.05) is 0 Å². The summed E-state index contributed by atoms with van der Waals surface area (Å²) in [7, 11) is 0. The summed E-state index contributed by atoms with van der Waals surface area (Å²) in [6.07, 6.45) is 20.4. The van der Waals surface area contributed by atoms with E-state index in [0.717, 1.165) is 28.7 Å². The summed E-state index contributed by atoms with van der Waals surface area (Å²) in [4.78, 5) is 0. The normalized spacial score (nSPS) is 30.6. The third-order valence-corrected chi connectivity index (χ3v) is 6.96. The van der Waals surface area contributed by atoms with Crippen LogP contribution in [0.3, 0.4) is 0 Å². The summed E-state index contributed by atoms with van der Waals surface area (Å²) in [5.41, 5.74) is 1.50. The molecule has 138 valence electrons. The van der Waals surface area contributed by atoms with Crippen molar-refractivity contribution in [3.05, 3.63) is 47.0 Å². The van der Waals surface area contributed by atoms with E-state index in [1.54, 1.807) is 0 Å². The average molecular weight is 359 g/mol. The number of hydrogen-bond donors (Lipinski definition) is 0. The Labute approximate surface area is 160 Å². The third kappa shape index (κ3) is 5.88. The van der Waals surface area contributed by atoms with Gasteiger partial charge >= 0.3 is 0 Å². The summed E-state index contributed by atoms with van der Waals surface area (Å²) in [6.45, 7) is 2.24. The second-order valence-corrected chi connectivity index (χ2v) is 8.90. The first-order valence-electron chi connectivity index (χ1n) is 10.7. The van der Waals surface area contributed by atoms with E-state index in [4.69, 9.17) is 11.6 Å². The van der Waals surface area contributed by atoms with E-state index in [0.29, 0.717) is 0 Å². The molecule has 2 fully saturated rings. The van der Waals surface area contributed by atoms with Crippen molar-refractivity contribution < 1.29 is 0 Å². The van der Waals surface area contributed by atoms with Crippen LogP contribution in [0.25, 0.3) is 0 Å². The molecule has 2 saturated carbocycles. The molecule has 0 atom stereocenters. The van der Waals surface area contributed by atoms with Gasteiger partial charge in [0.25, 0.3) is 0 Å². The van der Waals surface area contributed by atoms with E-state index in [-0.39, 0.29) is 0 Å². The molecule has 3 rings (SSSR count). The summed E-state index contributed by atoms with van der Waals surface area (Å²) in [6, 6.07) is 8.57. The summed E-state index contributed by atoms with van der Waals surface area (Å²) >= 11 is 6.02. The second-order valence-electron chi connectivity index (χ2n) is 8.46. The van der Waals surface area contributed by atoms with Gasteiger partial charge in [-0.3, -0.25) is 0 Å². The van der Waals surface area contributed by atoms with Gasteiger partial charge < -0.3 is 0 Å². The molecule has 0 radical (unpaired) electrons. The first-order chi connectivity index (χ1) is 12.2. The Morgan fingerprint density at radius 2 is 1.40 bits per heavy atom. The highest BCUT2D eigenvalue weighted by Crippen LogP contribution is 2.40. The second kappa shape index (κ2) is 9.81.